The summed E-state index contributed by atoms with van der Waals surface area (Å²) in [5.41, 5.74) is 4.76. The molecular formula is C9H9BrF2N2O2. The van der Waals surface area contributed by atoms with Gasteiger partial charge in [-0.3, -0.25) is 0 Å². The van der Waals surface area contributed by atoms with E-state index in [2.05, 4.69) is 25.7 Å². The van der Waals surface area contributed by atoms with Gasteiger partial charge in [-0.2, -0.15) is 0 Å². The molecule has 0 unspecified atom stereocenters. The van der Waals surface area contributed by atoms with E-state index in [1.165, 1.54) is 6.07 Å². The predicted octanol–water partition coefficient (Wildman–Crippen LogP) is 2.03. The molecule has 2 N–H and O–H groups in total. The number of methoxy groups -OCH3 is 1. The van der Waals surface area contributed by atoms with Gasteiger partial charge in [-0.25, -0.2) is 18.6 Å². The summed E-state index contributed by atoms with van der Waals surface area (Å²) in [4.78, 5) is 14.9. The first kappa shape index (κ1) is 13.0. The van der Waals surface area contributed by atoms with Crippen LogP contribution < -0.4 is 5.73 Å². The Morgan fingerprint density at radius 3 is 2.75 bits per heavy atom. The van der Waals surface area contributed by atoms with Crippen molar-refractivity contribution in [2.45, 2.75) is 13.0 Å². The molecule has 0 aliphatic carbocycles. The Kier molecular flexibility index (Phi) is 4.31. The topological polar surface area (TPSA) is 65.2 Å². The number of ether oxygens (including phenoxy) is 1. The number of carbonyl (C=O) groups is 1. The number of nitrogens with two attached hydrogens (primary N) is 1. The number of esters is 1. The van der Waals surface area contributed by atoms with E-state index in [-0.39, 0.29) is 22.3 Å². The third kappa shape index (κ3) is 2.53. The number of hydrogen-bond acceptors (Lipinski definition) is 4. The van der Waals surface area contributed by atoms with Crippen molar-refractivity contribution in [1.29, 1.82) is 0 Å². The summed E-state index contributed by atoms with van der Waals surface area (Å²) in [6.07, 6.45) is -2.86. The van der Waals surface area contributed by atoms with E-state index >= 15 is 0 Å². The highest BCUT2D eigenvalue weighted by molar-refractivity contribution is 9.10. The van der Waals surface area contributed by atoms with Gasteiger partial charge in [0.05, 0.1) is 12.7 Å². The van der Waals surface area contributed by atoms with E-state index in [1.807, 2.05) is 0 Å². The van der Waals surface area contributed by atoms with E-state index in [0.29, 0.717) is 0 Å². The van der Waals surface area contributed by atoms with Crippen LogP contribution in [0.1, 0.15) is 28.0 Å². The van der Waals surface area contributed by atoms with Crippen molar-refractivity contribution in [2.24, 2.45) is 5.73 Å². The van der Waals surface area contributed by atoms with Crippen LogP contribution in [0.3, 0.4) is 0 Å². The molecule has 0 spiro atoms. The van der Waals surface area contributed by atoms with Crippen molar-refractivity contribution < 1.29 is 18.3 Å². The molecule has 0 radical (unpaired) electrons. The van der Waals surface area contributed by atoms with E-state index in [4.69, 9.17) is 5.73 Å². The van der Waals surface area contributed by atoms with Gasteiger partial charge in [0.1, 0.15) is 10.3 Å². The second-order valence-corrected chi connectivity index (χ2v) is 3.67. The molecule has 16 heavy (non-hydrogen) atoms. The second-order valence-electron chi connectivity index (χ2n) is 2.86. The summed E-state index contributed by atoms with van der Waals surface area (Å²) in [5, 5.41) is 0. The van der Waals surface area contributed by atoms with Gasteiger partial charge in [-0.1, -0.05) is 0 Å². The smallest absolute Gasteiger partial charge is 0.340 e. The Bertz CT molecular complexity index is 413. The van der Waals surface area contributed by atoms with Crippen molar-refractivity contribution in [3.8, 4) is 0 Å². The standard InChI is InChI=1S/C9H9BrF2N2O2/c1-16-9(15)6-4(3-13)2-5(10)14-7(6)8(11)12/h2,8H,3,13H2,1H3. The molecule has 0 aromatic carbocycles. The molecule has 0 atom stereocenters. The van der Waals surface area contributed by atoms with Crippen molar-refractivity contribution in [3.63, 3.8) is 0 Å². The molecule has 88 valence electrons. The van der Waals surface area contributed by atoms with E-state index in [1.54, 1.807) is 0 Å². The maximum absolute atomic E-state index is 12.7. The van der Waals surface area contributed by atoms with Crippen molar-refractivity contribution in [2.75, 3.05) is 7.11 Å². The maximum atomic E-state index is 12.7. The third-order valence-corrected chi connectivity index (χ3v) is 2.32. The Balaban J connectivity index is 3.45. The maximum Gasteiger partial charge on any atom is 0.340 e. The lowest BCUT2D eigenvalue weighted by Crippen LogP contribution is -2.14. The van der Waals surface area contributed by atoms with E-state index in [9.17, 15) is 13.6 Å². The molecule has 0 fully saturated rings. The van der Waals surface area contributed by atoms with Crippen LogP contribution >= 0.6 is 15.9 Å². The summed E-state index contributed by atoms with van der Waals surface area (Å²) in [6.45, 7) is -0.0503. The highest BCUT2D eigenvalue weighted by Crippen LogP contribution is 2.26. The molecule has 7 heteroatoms. The van der Waals surface area contributed by atoms with Gasteiger partial charge in [0.2, 0.25) is 0 Å². The lowest BCUT2D eigenvalue weighted by molar-refractivity contribution is 0.0585. The van der Waals surface area contributed by atoms with Gasteiger partial charge < -0.3 is 10.5 Å². The average molecular weight is 295 g/mol. The zero-order valence-electron chi connectivity index (χ0n) is 8.34. The van der Waals surface area contributed by atoms with Gasteiger partial charge >= 0.3 is 5.97 Å². The predicted molar refractivity (Wildman–Crippen MR) is 56.1 cm³/mol. The van der Waals surface area contributed by atoms with Crippen LogP contribution in [0.4, 0.5) is 8.78 Å². The molecule has 0 aliphatic rings. The minimum absolute atomic E-state index is 0.0503. The van der Waals surface area contributed by atoms with Gasteiger partial charge in [0.15, 0.2) is 0 Å². The molecule has 0 amide bonds. The lowest BCUT2D eigenvalue weighted by atomic mass is 10.1. The first-order chi connectivity index (χ1) is 7.51. The van der Waals surface area contributed by atoms with Crippen LogP contribution in [-0.4, -0.2) is 18.1 Å². The number of rotatable bonds is 3. The molecule has 1 rings (SSSR count). The van der Waals surface area contributed by atoms with Crippen LogP contribution in [0.15, 0.2) is 10.7 Å². The summed E-state index contributed by atoms with van der Waals surface area (Å²) < 4.78 is 30.0. The molecule has 0 saturated heterocycles. The molecular weight excluding hydrogens is 286 g/mol. The SMILES string of the molecule is COC(=O)c1c(CN)cc(Br)nc1C(F)F. The first-order valence-corrected chi connectivity index (χ1v) is 5.06. The van der Waals surface area contributed by atoms with E-state index in [0.717, 1.165) is 7.11 Å². The number of alkyl halides is 2. The minimum Gasteiger partial charge on any atom is -0.465 e. The number of halogens is 3. The van der Waals surface area contributed by atoms with Gasteiger partial charge in [0.25, 0.3) is 6.43 Å². The fraction of sp³-hybridized carbons (Fsp3) is 0.333. The minimum atomic E-state index is -2.86. The summed E-state index contributed by atoms with van der Waals surface area (Å²) in [5.74, 6) is -0.865. The summed E-state index contributed by atoms with van der Waals surface area (Å²) >= 11 is 2.98. The van der Waals surface area contributed by atoms with Crippen LogP contribution in [0, 0.1) is 0 Å². The van der Waals surface area contributed by atoms with Crippen molar-refractivity contribution in [3.05, 3.63) is 27.5 Å². The molecule has 1 aromatic rings. The average Bonchev–Trinajstić information content (AvgIpc) is 2.26. The zero-order valence-corrected chi connectivity index (χ0v) is 9.92. The fourth-order valence-corrected chi connectivity index (χ4v) is 1.71. The largest absolute Gasteiger partial charge is 0.465 e. The number of aromatic nitrogens is 1. The van der Waals surface area contributed by atoms with Crippen molar-refractivity contribution >= 4 is 21.9 Å². The number of pyridine rings is 1. The van der Waals surface area contributed by atoms with Crippen LogP contribution in [0.25, 0.3) is 0 Å². The highest BCUT2D eigenvalue weighted by atomic mass is 79.9. The zero-order chi connectivity index (χ0) is 12.3. The molecule has 0 aliphatic heterocycles. The van der Waals surface area contributed by atoms with Gasteiger partial charge in [-0.05, 0) is 27.6 Å². The Hall–Kier alpha value is -1.08. The highest BCUT2D eigenvalue weighted by Gasteiger charge is 2.24. The molecule has 1 aromatic heterocycles. The summed E-state index contributed by atoms with van der Waals surface area (Å²) in [7, 11) is 1.11. The number of nitrogens with zero attached hydrogens (tertiary/aromatic N) is 1. The Labute approximate surface area is 98.9 Å². The van der Waals surface area contributed by atoms with E-state index < -0.39 is 18.1 Å². The molecule has 0 saturated carbocycles. The second kappa shape index (κ2) is 5.31. The van der Waals surface area contributed by atoms with Crippen LogP contribution in [0.5, 0.6) is 0 Å². The van der Waals surface area contributed by atoms with Crippen molar-refractivity contribution in [1.82, 2.24) is 4.98 Å². The van der Waals surface area contributed by atoms with Crippen LogP contribution in [-0.2, 0) is 11.3 Å². The molecule has 1 heterocycles. The quantitative estimate of drug-likeness (QED) is 0.684. The Morgan fingerprint density at radius 1 is 1.69 bits per heavy atom. The normalized spacial score (nSPS) is 10.6. The molecule has 0 bridgehead atoms. The number of carbonyl (C=O) groups excluding carboxylic acids is 1. The Morgan fingerprint density at radius 2 is 2.31 bits per heavy atom. The fourth-order valence-electron chi connectivity index (χ4n) is 1.24. The monoisotopic (exact) mass is 294 g/mol. The molecule has 4 nitrogen and oxygen atoms in total. The van der Waals surface area contributed by atoms with Crippen LogP contribution in [0.2, 0.25) is 0 Å². The lowest BCUT2D eigenvalue weighted by Gasteiger charge is -2.11. The first-order valence-electron chi connectivity index (χ1n) is 4.27. The van der Waals surface area contributed by atoms with Gasteiger partial charge in [-0.15, -0.1) is 0 Å². The summed E-state index contributed by atoms with van der Waals surface area (Å²) in [6, 6.07) is 1.41. The third-order valence-electron chi connectivity index (χ3n) is 1.91. The number of hydrogen-bond donors (Lipinski definition) is 1. The van der Waals surface area contributed by atoms with Gasteiger partial charge in [0, 0.05) is 6.54 Å².